The van der Waals surface area contributed by atoms with E-state index >= 15 is 0 Å². The van der Waals surface area contributed by atoms with Gasteiger partial charge >= 0.3 is 0 Å². The molecule has 1 N–H and O–H groups in total. The van der Waals surface area contributed by atoms with E-state index in [9.17, 15) is 0 Å². The summed E-state index contributed by atoms with van der Waals surface area (Å²) in [6.07, 6.45) is 5.55. The Morgan fingerprint density at radius 1 is 1.24 bits per heavy atom. The van der Waals surface area contributed by atoms with Gasteiger partial charge in [0.1, 0.15) is 0 Å². The lowest BCUT2D eigenvalue weighted by Gasteiger charge is -2.39. The molecule has 3 rings (SSSR count). The number of benzene rings is 1. The number of hydrogen-bond acceptors (Lipinski definition) is 2. The summed E-state index contributed by atoms with van der Waals surface area (Å²) in [4.78, 5) is 4.41. The van der Waals surface area contributed by atoms with Gasteiger partial charge in [-0.2, -0.15) is 0 Å². The summed E-state index contributed by atoms with van der Waals surface area (Å²) < 4.78 is 0. The molecule has 1 aliphatic rings. The van der Waals surface area contributed by atoms with Gasteiger partial charge in [-0.1, -0.05) is 32.4 Å². The zero-order valence-corrected chi connectivity index (χ0v) is 13.7. The summed E-state index contributed by atoms with van der Waals surface area (Å²) in [6.45, 7) is 7.11. The molecular weight excluding hydrogens is 280 g/mol. The Labute approximate surface area is 131 Å². The molecule has 1 aromatic heterocycles. The summed E-state index contributed by atoms with van der Waals surface area (Å²) in [5.41, 5.74) is 2.44. The molecule has 1 aromatic carbocycles. The van der Waals surface area contributed by atoms with E-state index in [2.05, 4.69) is 43.2 Å². The van der Waals surface area contributed by atoms with Gasteiger partial charge in [0.2, 0.25) is 0 Å². The van der Waals surface area contributed by atoms with Gasteiger partial charge in [-0.15, -0.1) is 0 Å². The van der Waals surface area contributed by atoms with E-state index < -0.39 is 0 Å². The minimum absolute atomic E-state index is 0.413. The number of pyridine rings is 1. The topological polar surface area (TPSA) is 24.9 Å². The maximum Gasteiger partial charge on any atom is 0.0908 e. The summed E-state index contributed by atoms with van der Waals surface area (Å²) >= 11 is 6.25. The van der Waals surface area contributed by atoms with Crippen molar-refractivity contribution in [3.63, 3.8) is 0 Å². The van der Waals surface area contributed by atoms with Gasteiger partial charge in [0.25, 0.3) is 0 Å². The second-order valence-corrected chi connectivity index (χ2v) is 7.66. The van der Waals surface area contributed by atoms with E-state index in [4.69, 9.17) is 11.6 Å². The van der Waals surface area contributed by atoms with Crippen molar-refractivity contribution in [3.8, 4) is 0 Å². The van der Waals surface area contributed by atoms with Gasteiger partial charge in [-0.25, -0.2) is 0 Å². The standard InChI is InChI=1S/C18H23ClN2/c1-12-9-13(11-18(2,3)10-12)21-16-7-6-15(19)17-14(16)5-4-8-20-17/h4-8,12-13,21H,9-11H2,1-3H3. The third-order valence-electron chi connectivity index (χ3n) is 4.47. The van der Waals surface area contributed by atoms with E-state index in [0.717, 1.165) is 22.5 Å². The van der Waals surface area contributed by atoms with Crippen molar-refractivity contribution >= 4 is 28.2 Å². The van der Waals surface area contributed by atoms with E-state index in [1.165, 1.54) is 19.3 Å². The van der Waals surface area contributed by atoms with Crippen molar-refractivity contribution in [1.29, 1.82) is 0 Å². The minimum atomic E-state index is 0.413. The fourth-order valence-electron chi connectivity index (χ4n) is 3.94. The average molecular weight is 303 g/mol. The monoisotopic (exact) mass is 302 g/mol. The number of nitrogens with zero attached hydrogens (tertiary/aromatic N) is 1. The summed E-state index contributed by atoms with van der Waals surface area (Å²) in [5, 5.41) is 5.57. The number of rotatable bonds is 2. The number of halogens is 1. The quantitative estimate of drug-likeness (QED) is 0.790. The molecule has 1 saturated carbocycles. The first-order valence-electron chi connectivity index (χ1n) is 7.74. The van der Waals surface area contributed by atoms with Crippen molar-refractivity contribution in [1.82, 2.24) is 4.98 Å². The van der Waals surface area contributed by atoms with Gasteiger partial charge in [0.05, 0.1) is 10.5 Å². The molecule has 2 aromatic rings. The highest BCUT2D eigenvalue weighted by atomic mass is 35.5. The Kier molecular flexibility index (Phi) is 3.83. The smallest absolute Gasteiger partial charge is 0.0908 e. The maximum atomic E-state index is 6.25. The Balaban J connectivity index is 1.90. The molecule has 2 nitrogen and oxygen atoms in total. The number of fused-ring (bicyclic) bond motifs is 1. The fraction of sp³-hybridized carbons (Fsp3) is 0.500. The molecule has 1 fully saturated rings. The van der Waals surface area contributed by atoms with Crippen molar-refractivity contribution in [2.75, 3.05) is 5.32 Å². The van der Waals surface area contributed by atoms with E-state index in [-0.39, 0.29) is 0 Å². The highest BCUT2D eigenvalue weighted by Gasteiger charge is 2.32. The predicted molar refractivity (Wildman–Crippen MR) is 91.0 cm³/mol. The van der Waals surface area contributed by atoms with Crippen LogP contribution in [0, 0.1) is 11.3 Å². The van der Waals surface area contributed by atoms with Crippen LogP contribution in [0.1, 0.15) is 40.0 Å². The first-order chi connectivity index (χ1) is 9.94. The molecule has 0 saturated heterocycles. The Hall–Kier alpha value is -1.28. The zero-order valence-electron chi connectivity index (χ0n) is 13.0. The van der Waals surface area contributed by atoms with Crippen molar-refractivity contribution < 1.29 is 0 Å². The largest absolute Gasteiger partial charge is 0.382 e. The summed E-state index contributed by atoms with van der Waals surface area (Å²) in [6, 6.07) is 8.61. The van der Waals surface area contributed by atoms with Crippen LogP contribution < -0.4 is 5.32 Å². The highest BCUT2D eigenvalue weighted by Crippen LogP contribution is 2.40. The second-order valence-electron chi connectivity index (χ2n) is 7.25. The lowest BCUT2D eigenvalue weighted by Crippen LogP contribution is -2.35. The van der Waals surface area contributed by atoms with Gasteiger partial charge in [-0.05, 0) is 54.9 Å². The molecule has 2 unspecified atom stereocenters. The van der Waals surface area contributed by atoms with Crippen LogP contribution in [0.15, 0.2) is 30.5 Å². The predicted octanol–water partition coefficient (Wildman–Crippen LogP) is 5.51. The van der Waals surface area contributed by atoms with Gasteiger partial charge in [-0.3, -0.25) is 4.98 Å². The van der Waals surface area contributed by atoms with E-state index in [0.29, 0.717) is 16.5 Å². The molecule has 21 heavy (non-hydrogen) atoms. The molecule has 0 bridgehead atoms. The summed E-state index contributed by atoms with van der Waals surface area (Å²) in [7, 11) is 0. The molecule has 2 atom stereocenters. The maximum absolute atomic E-state index is 6.25. The molecule has 0 amide bonds. The van der Waals surface area contributed by atoms with Crippen LogP contribution in [-0.2, 0) is 0 Å². The first kappa shape index (κ1) is 14.6. The van der Waals surface area contributed by atoms with Crippen molar-refractivity contribution in [3.05, 3.63) is 35.5 Å². The molecule has 0 aliphatic heterocycles. The molecule has 1 aliphatic carbocycles. The van der Waals surface area contributed by atoms with Crippen LogP contribution in [-0.4, -0.2) is 11.0 Å². The zero-order chi connectivity index (χ0) is 15.0. The Morgan fingerprint density at radius 2 is 2.05 bits per heavy atom. The average Bonchev–Trinajstić information content (AvgIpc) is 2.40. The van der Waals surface area contributed by atoms with Crippen LogP contribution in [0.5, 0.6) is 0 Å². The molecule has 0 radical (unpaired) electrons. The molecule has 3 heteroatoms. The van der Waals surface area contributed by atoms with Gasteiger partial charge < -0.3 is 5.32 Å². The molecule has 112 valence electrons. The van der Waals surface area contributed by atoms with Gasteiger partial charge in [0, 0.05) is 23.3 Å². The molecule has 0 spiro atoms. The number of nitrogens with one attached hydrogen (secondary N) is 1. The van der Waals surface area contributed by atoms with Crippen LogP contribution in [0.4, 0.5) is 5.69 Å². The minimum Gasteiger partial charge on any atom is -0.382 e. The third-order valence-corrected chi connectivity index (χ3v) is 4.77. The second kappa shape index (κ2) is 5.49. The lowest BCUT2D eigenvalue weighted by atomic mass is 9.70. The number of anilines is 1. The highest BCUT2D eigenvalue weighted by molar-refractivity contribution is 6.35. The van der Waals surface area contributed by atoms with Crippen LogP contribution in [0.25, 0.3) is 10.9 Å². The van der Waals surface area contributed by atoms with E-state index in [1.807, 2.05) is 12.1 Å². The first-order valence-corrected chi connectivity index (χ1v) is 8.12. The SMILES string of the molecule is CC1CC(Nc2ccc(Cl)c3ncccc23)CC(C)(C)C1. The van der Waals surface area contributed by atoms with Crippen molar-refractivity contribution in [2.45, 2.75) is 46.1 Å². The van der Waals surface area contributed by atoms with Gasteiger partial charge in [0.15, 0.2) is 0 Å². The molecular formula is C18H23ClN2. The Morgan fingerprint density at radius 3 is 2.81 bits per heavy atom. The fourth-order valence-corrected chi connectivity index (χ4v) is 4.15. The third kappa shape index (κ3) is 3.16. The summed E-state index contributed by atoms with van der Waals surface area (Å²) in [5.74, 6) is 0.767. The van der Waals surface area contributed by atoms with E-state index in [1.54, 1.807) is 6.20 Å². The number of aromatic nitrogens is 1. The van der Waals surface area contributed by atoms with Crippen LogP contribution in [0.2, 0.25) is 5.02 Å². The number of hydrogen-bond donors (Lipinski definition) is 1. The lowest BCUT2D eigenvalue weighted by molar-refractivity contribution is 0.178. The van der Waals surface area contributed by atoms with Crippen molar-refractivity contribution in [2.24, 2.45) is 11.3 Å². The normalized spacial score (nSPS) is 25.0. The van der Waals surface area contributed by atoms with Crippen LogP contribution in [0.3, 0.4) is 0 Å². The Bertz CT molecular complexity index is 651. The molecule has 1 heterocycles. The van der Waals surface area contributed by atoms with Crippen LogP contribution >= 0.6 is 11.6 Å².